The number of pyridine rings is 1. The molecule has 0 aliphatic carbocycles. The molecular weight excluding hydrogens is 262 g/mol. The first-order valence-corrected chi connectivity index (χ1v) is 5.47. The molecule has 96 valence electrons. The van der Waals surface area contributed by atoms with Gasteiger partial charge in [0.05, 0.1) is 18.8 Å². The van der Waals surface area contributed by atoms with Crippen LogP contribution < -0.4 is 21.9 Å². The number of rotatable bonds is 1. The third-order valence-electron chi connectivity index (χ3n) is 2.58. The summed E-state index contributed by atoms with van der Waals surface area (Å²) in [6.45, 7) is 0. The number of carbonyl (C=O) groups excluding carboxylic acids is 1. The van der Waals surface area contributed by atoms with E-state index >= 15 is 0 Å². The highest BCUT2D eigenvalue weighted by Gasteiger charge is 2.22. The lowest BCUT2D eigenvalue weighted by atomic mass is 10.3. The van der Waals surface area contributed by atoms with Crippen LogP contribution in [-0.4, -0.2) is 13.1 Å². The lowest BCUT2D eigenvalue weighted by Crippen LogP contribution is -3.00. The van der Waals surface area contributed by atoms with Crippen molar-refractivity contribution in [2.75, 3.05) is 11.9 Å². The van der Waals surface area contributed by atoms with E-state index in [0.717, 1.165) is 5.69 Å². The second-order valence-electron chi connectivity index (χ2n) is 3.79. The molecule has 5 heteroatoms. The van der Waals surface area contributed by atoms with Crippen LogP contribution >= 0.6 is 0 Å². The van der Waals surface area contributed by atoms with Crippen LogP contribution in [0.15, 0.2) is 54.9 Å². The van der Waals surface area contributed by atoms with Gasteiger partial charge in [-0.2, -0.15) is 19.5 Å². The van der Waals surface area contributed by atoms with Gasteiger partial charge in [-0.05, 0) is 24.3 Å². The van der Waals surface area contributed by atoms with Crippen molar-refractivity contribution in [1.82, 2.24) is 0 Å². The van der Waals surface area contributed by atoms with Crippen LogP contribution in [0.1, 0.15) is 5.56 Å². The molecule has 0 aliphatic rings. The van der Waals surface area contributed by atoms with Gasteiger partial charge in [0.1, 0.15) is 18.0 Å². The SMILES string of the molecule is CN(C(=O)[n+]1cccc(C#N)c1)c1ccccc1.[Cl-]. The van der Waals surface area contributed by atoms with Crippen molar-refractivity contribution in [3.8, 4) is 6.07 Å². The van der Waals surface area contributed by atoms with Crippen molar-refractivity contribution >= 4 is 11.7 Å². The minimum absolute atomic E-state index is 0. The fourth-order valence-corrected chi connectivity index (χ4v) is 1.60. The van der Waals surface area contributed by atoms with Crippen LogP contribution in [0.3, 0.4) is 0 Å². The van der Waals surface area contributed by atoms with Gasteiger partial charge in [0.15, 0.2) is 0 Å². The van der Waals surface area contributed by atoms with Crippen molar-refractivity contribution in [3.63, 3.8) is 0 Å². The largest absolute Gasteiger partial charge is 1.00 e. The number of aromatic nitrogens is 1. The van der Waals surface area contributed by atoms with E-state index < -0.39 is 0 Å². The average Bonchev–Trinajstić information content (AvgIpc) is 2.46. The van der Waals surface area contributed by atoms with Gasteiger partial charge in [-0.1, -0.05) is 18.2 Å². The predicted octanol–water partition coefficient (Wildman–Crippen LogP) is -1.05. The van der Waals surface area contributed by atoms with E-state index in [1.807, 2.05) is 36.4 Å². The topological polar surface area (TPSA) is 48.0 Å². The number of anilines is 1. The summed E-state index contributed by atoms with van der Waals surface area (Å²) in [5.74, 6) is 0. The predicted molar refractivity (Wildman–Crippen MR) is 67.0 cm³/mol. The normalized spacial score (nSPS) is 9.05. The van der Waals surface area contributed by atoms with E-state index in [-0.39, 0.29) is 18.4 Å². The Bertz CT molecular complexity index is 608. The molecule has 0 aliphatic heterocycles. The second kappa shape index (κ2) is 6.53. The third-order valence-corrected chi connectivity index (χ3v) is 2.58. The molecule has 0 atom stereocenters. The Balaban J connectivity index is 0.00000180. The van der Waals surface area contributed by atoms with Crippen LogP contribution in [0.25, 0.3) is 0 Å². The molecule has 1 aromatic heterocycles. The highest BCUT2D eigenvalue weighted by molar-refractivity contribution is 5.84. The molecule has 2 rings (SSSR count). The molecule has 0 unspecified atom stereocenters. The highest BCUT2D eigenvalue weighted by atomic mass is 35.5. The molecule has 1 amide bonds. The Morgan fingerprint density at radius 1 is 1.21 bits per heavy atom. The standard InChI is InChI=1S/C14H12N3O.ClH/c1-16(13-7-3-2-4-8-13)14(18)17-9-5-6-12(10-15)11-17;/h2-9,11H,1H3;1H/q+1;/p-1. The zero-order valence-electron chi connectivity index (χ0n) is 10.3. The maximum absolute atomic E-state index is 12.2. The summed E-state index contributed by atoms with van der Waals surface area (Å²) >= 11 is 0. The molecule has 0 saturated heterocycles. The van der Waals surface area contributed by atoms with E-state index in [1.54, 1.807) is 25.4 Å². The van der Waals surface area contributed by atoms with Gasteiger partial charge in [0, 0.05) is 0 Å². The minimum atomic E-state index is -0.210. The lowest BCUT2D eigenvalue weighted by Gasteiger charge is -2.09. The maximum Gasteiger partial charge on any atom is 0.502 e. The molecule has 0 fully saturated rings. The summed E-state index contributed by atoms with van der Waals surface area (Å²) in [5.41, 5.74) is 1.25. The van der Waals surface area contributed by atoms with E-state index in [4.69, 9.17) is 5.26 Å². The second-order valence-corrected chi connectivity index (χ2v) is 3.79. The van der Waals surface area contributed by atoms with Crippen LogP contribution in [0.5, 0.6) is 0 Å². The van der Waals surface area contributed by atoms with Gasteiger partial charge in [-0.25, -0.2) is 0 Å². The third kappa shape index (κ3) is 3.30. The van der Waals surface area contributed by atoms with Crippen LogP contribution in [0, 0.1) is 11.3 Å². The van der Waals surface area contributed by atoms with Gasteiger partial charge in [0.25, 0.3) is 0 Å². The summed E-state index contributed by atoms with van der Waals surface area (Å²) in [7, 11) is 1.70. The molecule has 4 nitrogen and oxygen atoms in total. The number of hydrogen-bond donors (Lipinski definition) is 0. The molecule has 0 spiro atoms. The molecule has 0 saturated carbocycles. The number of nitrogens with zero attached hydrogens (tertiary/aromatic N) is 3. The Morgan fingerprint density at radius 2 is 1.89 bits per heavy atom. The summed E-state index contributed by atoms with van der Waals surface area (Å²) in [4.78, 5) is 13.7. The van der Waals surface area contributed by atoms with Gasteiger partial charge in [-0.3, -0.25) is 0 Å². The number of amides is 1. The Hall–Kier alpha value is -2.38. The number of halogens is 1. The summed E-state index contributed by atoms with van der Waals surface area (Å²) in [5, 5.41) is 8.81. The van der Waals surface area contributed by atoms with Gasteiger partial charge >= 0.3 is 6.03 Å². The molecule has 0 radical (unpaired) electrons. The highest BCUT2D eigenvalue weighted by Crippen LogP contribution is 2.10. The fraction of sp³-hybridized carbons (Fsp3) is 0.0714. The van der Waals surface area contributed by atoms with Gasteiger partial charge in [-0.15, -0.1) is 0 Å². The van der Waals surface area contributed by atoms with Crippen molar-refractivity contribution < 1.29 is 21.8 Å². The maximum atomic E-state index is 12.2. The quantitative estimate of drug-likeness (QED) is 0.623. The van der Waals surface area contributed by atoms with Crippen LogP contribution in [-0.2, 0) is 0 Å². The van der Waals surface area contributed by atoms with Gasteiger partial charge < -0.3 is 12.4 Å². The smallest absolute Gasteiger partial charge is 0.502 e. The number of carbonyl (C=O) groups is 1. The van der Waals surface area contributed by atoms with Crippen molar-refractivity contribution in [2.45, 2.75) is 0 Å². The average molecular weight is 274 g/mol. The van der Waals surface area contributed by atoms with E-state index in [2.05, 4.69) is 0 Å². The number of benzene rings is 1. The summed E-state index contributed by atoms with van der Waals surface area (Å²) in [6, 6.07) is 14.5. The lowest BCUT2D eigenvalue weighted by molar-refractivity contribution is -0.569. The summed E-state index contributed by atoms with van der Waals surface area (Å²) < 4.78 is 1.39. The molecule has 0 N–H and O–H groups in total. The molecule has 19 heavy (non-hydrogen) atoms. The monoisotopic (exact) mass is 273 g/mol. The van der Waals surface area contributed by atoms with Crippen molar-refractivity contribution in [2.24, 2.45) is 0 Å². The number of nitriles is 1. The summed E-state index contributed by atoms with van der Waals surface area (Å²) in [6.07, 6.45) is 3.14. The zero-order valence-corrected chi connectivity index (χ0v) is 11.1. The van der Waals surface area contributed by atoms with E-state index in [1.165, 1.54) is 15.7 Å². The fourth-order valence-electron chi connectivity index (χ4n) is 1.60. The molecular formula is C14H12ClN3O. The van der Waals surface area contributed by atoms with Crippen LogP contribution in [0.2, 0.25) is 0 Å². The Morgan fingerprint density at radius 3 is 2.53 bits per heavy atom. The minimum Gasteiger partial charge on any atom is -1.00 e. The van der Waals surface area contributed by atoms with Gasteiger partial charge in [0.2, 0.25) is 0 Å². The van der Waals surface area contributed by atoms with Crippen molar-refractivity contribution in [3.05, 3.63) is 60.4 Å². The molecule has 1 aromatic carbocycles. The Labute approximate surface area is 117 Å². The molecule has 1 heterocycles. The van der Waals surface area contributed by atoms with E-state index in [9.17, 15) is 4.79 Å². The van der Waals surface area contributed by atoms with E-state index in [0.29, 0.717) is 5.56 Å². The Kier molecular flexibility index (Phi) is 5.04. The first kappa shape index (κ1) is 14.7. The van der Waals surface area contributed by atoms with Crippen LogP contribution in [0.4, 0.5) is 10.5 Å². The zero-order chi connectivity index (χ0) is 13.0. The molecule has 2 aromatic rings. The number of hydrogen-bond acceptors (Lipinski definition) is 2. The first-order chi connectivity index (χ1) is 8.72. The number of para-hydroxylation sites is 1. The molecule has 0 bridgehead atoms. The van der Waals surface area contributed by atoms with Crippen molar-refractivity contribution in [1.29, 1.82) is 5.26 Å². The first-order valence-electron chi connectivity index (χ1n) is 5.47.